The highest BCUT2D eigenvalue weighted by Gasteiger charge is 2.15. The largest absolute Gasteiger partial charge is 0.396 e. The molecule has 5 heteroatoms. The molecule has 0 unspecified atom stereocenters. The van der Waals surface area contributed by atoms with Gasteiger partial charge in [-0.25, -0.2) is 4.98 Å². The third-order valence-electron chi connectivity index (χ3n) is 3.02. The molecule has 0 amide bonds. The molecule has 0 bridgehead atoms. The molecule has 2 aromatic heterocycles. The fourth-order valence-electron chi connectivity index (χ4n) is 2.07. The van der Waals surface area contributed by atoms with Gasteiger partial charge in [0.05, 0.1) is 11.2 Å². The van der Waals surface area contributed by atoms with Gasteiger partial charge in [-0.3, -0.25) is 4.68 Å². The molecule has 0 fully saturated rings. The Balaban J connectivity index is 2.53. The lowest BCUT2D eigenvalue weighted by atomic mass is 10.1. The van der Waals surface area contributed by atoms with Crippen molar-refractivity contribution in [1.29, 1.82) is 0 Å². The molecule has 0 atom stereocenters. The number of aliphatic hydroxyl groups is 1. The summed E-state index contributed by atoms with van der Waals surface area (Å²) in [6.45, 7) is 8.36. The van der Waals surface area contributed by atoms with Crippen molar-refractivity contribution in [3.05, 3.63) is 29.7 Å². The molecule has 102 valence electrons. The number of hydrogen-bond acceptors (Lipinski definition) is 3. The van der Waals surface area contributed by atoms with E-state index in [1.165, 1.54) is 0 Å². The monoisotopic (exact) mass is 279 g/mol. The van der Waals surface area contributed by atoms with Crippen LogP contribution in [-0.2, 0) is 0 Å². The number of aliphatic hydroxyl groups excluding tert-OH is 1. The number of fused-ring (bicyclic) bond motifs is 1. The van der Waals surface area contributed by atoms with Crippen molar-refractivity contribution in [1.82, 2.24) is 14.8 Å². The second kappa shape index (κ2) is 5.72. The van der Waals surface area contributed by atoms with Crippen LogP contribution in [0.4, 0.5) is 0 Å². The fraction of sp³-hybridized carbons (Fsp3) is 0.429. The third-order valence-corrected chi connectivity index (χ3v) is 3.23. The Morgan fingerprint density at radius 1 is 1.53 bits per heavy atom. The van der Waals surface area contributed by atoms with E-state index in [1.54, 1.807) is 6.20 Å². The summed E-state index contributed by atoms with van der Waals surface area (Å²) in [6, 6.07) is 2.06. The lowest BCUT2D eigenvalue weighted by Crippen LogP contribution is -2.03. The van der Waals surface area contributed by atoms with Crippen LogP contribution in [0, 0.1) is 0 Å². The summed E-state index contributed by atoms with van der Waals surface area (Å²) < 4.78 is 1.93. The summed E-state index contributed by atoms with van der Waals surface area (Å²) in [5.74, 6) is 0. The Bertz CT molecular complexity index is 604. The molecule has 0 aliphatic heterocycles. The van der Waals surface area contributed by atoms with Crippen LogP contribution in [0.5, 0.6) is 0 Å². The van der Waals surface area contributed by atoms with Gasteiger partial charge in [0.15, 0.2) is 0 Å². The van der Waals surface area contributed by atoms with E-state index >= 15 is 0 Å². The molecule has 0 spiro atoms. The standard InChI is InChI=1S/C14H18ClN3O/c1-9(2)18-12-7-13(15)16-8-11(12)14(17-18)10(3)5-4-6-19/h7-9,19H,3-6H2,1-2H3. The minimum Gasteiger partial charge on any atom is -0.396 e. The Kier molecular flexibility index (Phi) is 4.22. The van der Waals surface area contributed by atoms with Crippen LogP contribution >= 0.6 is 11.6 Å². The number of halogens is 1. The molecule has 0 aliphatic rings. The van der Waals surface area contributed by atoms with Crippen LogP contribution in [-0.4, -0.2) is 26.5 Å². The van der Waals surface area contributed by atoms with E-state index in [9.17, 15) is 0 Å². The second-order valence-electron chi connectivity index (χ2n) is 4.84. The predicted octanol–water partition coefficient (Wildman–Crippen LogP) is 3.45. The summed E-state index contributed by atoms with van der Waals surface area (Å²) in [6.07, 6.45) is 3.15. The van der Waals surface area contributed by atoms with Gasteiger partial charge in [0.25, 0.3) is 0 Å². The summed E-state index contributed by atoms with van der Waals surface area (Å²) in [7, 11) is 0. The topological polar surface area (TPSA) is 50.9 Å². The van der Waals surface area contributed by atoms with Crippen molar-refractivity contribution in [2.24, 2.45) is 0 Å². The smallest absolute Gasteiger partial charge is 0.131 e. The van der Waals surface area contributed by atoms with Crippen LogP contribution in [0.3, 0.4) is 0 Å². The van der Waals surface area contributed by atoms with Crippen molar-refractivity contribution in [3.8, 4) is 0 Å². The van der Waals surface area contributed by atoms with Crippen molar-refractivity contribution in [2.75, 3.05) is 6.61 Å². The van der Waals surface area contributed by atoms with Crippen LogP contribution in [0.15, 0.2) is 18.8 Å². The Labute approximate surface area is 117 Å². The van der Waals surface area contributed by atoms with E-state index in [0.717, 1.165) is 28.6 Å². The van der Waals surface area contributed by atoms with Crippen LogP contribution in [0.25, 0.3) is 16.5 Å². The number of nitrogens with zero attached hydrogens (tertiary/aromatic N) is 3. The second-order valence-corrected chi connectivity index (χ2v) is 5.23. The quantitative estimate of drug-likeness (QED) is 0.853. The Morgan fingerprint density at radius 3 is 2.89 bits per heavy atom. The van der Waals surface area contributed by atoms with Gasteiger partial charge < -0.3 is 5.11 Å². The maximum absolute atomic E-state index is 8.91. The molecule has 0 radical (unpaired) electrons. The van der Waals surface area contributed by atoms with Gasteiger partial charge >= 0.3 is 0 Å². The fourth-order valence-corrected chi connectivity index (χ4v) is 2.23. The summed E-state index contributed by atoms with van der Waals surface area (Å²) in [4.78, 5) is 4.12. The first-order valence-electron chi connectivity index (χ1n) is 6.37. The maximum atomic E-state index is 8.91. The van der Waals surface area contributed by atoms with Gasteiger partial charge in [-0.1, -0.05) is 18.2 Å². The number of hydrogen-bond donors (Lipinski definition) is 1. The molecular formula is C14H18ClN3O. The average molecular weight is 280 g/mol. The first-order chi connectivity index (χ1) is 9.04. The summed E-state index contributed by atoms with van der Waals surface area (Å²) in [5.41, 5.74) is 2.74. The van der Waals surface area contributed by atoms with Crippen LogP contribution < -0.4 is 0 Å². The van der Waals surface area contributed by atoms with E-state index < -0.39 is 0 Å². The lowest BCUT2D eigenvalue weighted by molar-refractivity contribution is 0.290. The van der Waals surface area contributed by atoms with E-state index in [0.29, 0.717) is 11.6 Å². The van der Waals surface area contributed by atoms with E-state index in [4.69, 9.17) is 16.7 Å². The molecule has 1 N–H and O–H groups in total. The lowest BCUT2D eigenvalue weighted by Gasteiger charge is -2.06. The van der Waals surface area contributed by atoms with Gasteiger partial charge in [0.2, 0.25) is 0 Å². The van der Waals surface area contributed by atoms with Gasteiger partial charge in [0.1, 0.15) is 5.15 Å². The van der Waals surface area contributed by atoms with Gasteiger partial charge in [-0.15, -0.1) is 0 Å². The molecule has 4 nitrogen and oxygen atoms in total. The number of allylic oxidation sites excluding steroid dienone is 1. The molecule has 0 saturated heterocycles. The van der Waals surface area contributed by atoms with E-state index in [1.807, 2.05) is 10.7 Å². The summed E-state index contributed by atoms with van der Waals surface area (Å²) in [5, 5.41) is 14.9. The van der Waals surface area contributed by atoms with E-state index in [2.05, 4.69) is 30.5 Å². The van der Waals surface area contributed by atoms with Crippen molar-refractivity contribution in [2.45, 2.75) is 32.7 Å². The molecule has 0 aromatic carbocycles. The molecule has 2 heterocycles. The maximum Gasteiger partial charge on any atom is 0.131 e. The predicted molar refractivity (Wildman–Crippen MR) is 78.3 cm³/mol. The van der Waals surface area contributed by atoms with E-state index in [-0.39, 0.29) is 12.6 Å². The average Bonchev–Trinajstić information content (AvgIpc) is 2.74. The van der Waals surface area contributed by atoms with Crippen LogP contribution in [0.1, 0.15) is 38.4 Å². The minimum atomic E-state index is 0.159. The van der Waals surface area contributed by atoms with Crippen molar-refractivity contribution >= 4 is 28.1 Å². The molecule has 2 rings (SSSR count). The van der Waals surface area contributed by atoms with Crippen LogP contribution in [0.2, 0.25) is 5.15 Å². The van der Waals surface area contributed by atoms with Crippen molar-refractivity contribution in [3.63, 3.8) is 0 Å². The van der Waals surface area contributed by atoms with Gasteiger partial charge in [-0.05, 0) is 32.3 Å². The number of aromatic nitrogens is 3. The molecular weight excluding hydrogens is 262 g/mol. The summed E-state index contributed by atoms with van der Waals surface area (Å²) >= 11 is 5.96. The molecule has 19 heavy (non-hydrogen) atoms. The first-order valence-corrected chi connectivity index (χ1v) is 6.75. The zero-order valence-corrected chi connectivity index (χ0v) is 12.0. The highest BCUT2D eigenvalue weighted by Crippen LogP contribution is 2.28. The normalized spacial score (nSPS) is 11.4. The third kappa shape index (κ3) is 2.80. The highest BCUT2D eigenvalue weighted by atomic mass is 35.5. The zero-order valence-electron chi connectivity index (χ0n) is 11.2. The molecule has 0 aliphatic carbocycles. The zero-order chi connectivity index (χ0) is 14.0. The van der Waals surface area contributed by atoms with Crippen molar-refractivity contribution < 1.29 is 5.11 Å². The molecule has 2 aromatic rings. The number of pyridine rings is 1. The Morgan fingerprint density at radius 2 is 2.26 bits per heavy atom. The minimum absolute atomic E-state index is 0.159. The number of rotatable bonds is 5. The highest BCUT2D eigenvalue weighted by molar-refractivity contribution is 6.30. The Hall–Kier alpha value is -1.39. The van der Waals surface area contributed by atoms with Gasteiger partial charge in [0, 0.05) is 30.3 Å². The molecule has 0 saturated carbocycles. The first kappa shape index (κ1) is 14.0. The van der Waals surface area contributed by atoms with Gasteiger partial charge in [-0.2, -0.15) is 5.10 Å². The SMILES string of the molecule is C=C(CCCO)c1nn(C(C)C)c2cc(Cl)ncc12.